The molecule has 2 aromatic rings. The minimum atomic E-state index is -0.0998. The average molecular weight is 373 g/mol. The second kappa shape index (κ2) is 7.19. The van der Waals surface area contributed by atoms with E-state index in [2.05, 4.69) is 15.4 Å². The number of carbonyl (C=O) groups excluding carboxylic acids is 2. The zero-order chi connectivity index (χ0) is 18.1. The molecule has 1 aliphatic heterocycles. The van der Waals surface area contributed by atoms with Crippen LogP contribution < -0.4 is 5.32 Å². The van der Waals surface area contributed by atoms with Crippen molar-refractivity contribution in [3.05, 3.63) is 23.5 Å². The summed E-state index contributed by atoms with van der Waals surface area (Å²) in [6.07, 6.45) is 9.42. The molecule has 1 N–H and O–H groups in total. The average Bonchev–Trinajstić information content (AvgIpc) is 3.17. The van der Waals surface area contributed by atoms with Crippen molar-refractivity contribution in [3.63, 3.8) is 0 Å². The van der Waals surface area contributed by atoms with Gasteiger partial charge in [-0.2, -0.15) is 5.10 Å². The van der Waals surface area contributed by atoms with Gasteiger partial charge in [0.25, 0.3) is 5.91 Å². The van der Waals surface area contributed by atoms with Crippen molar-refractivity contribution in [2.45, 2.75) is 25.7 Å². The highest BCUT2D eigenvalue weighted by atomic mass is 32.1. The van der Waals surface area contributed by atoms with Crippen LogP contribution in [0.2, 0.25) is 0 Å². The number of amides is 2. The number of rotatable bonds is 5. The van der Waals surface area contributed by atoms with Gasteiger partial charge in [0, 0.05) is 38.4 Å². The smallest absolute Gasteiger partial charge is 0.265 e. The first kappa shape index (κ1) is 17.2. The number of hydrogen-bond acceptors (Lipinski definition) is 5. The number of aromatic nitrogens is 3. The van der Waals surface area contributed by atoms with E-state index in [1.807, 2.05) is 13.2 Å². The Morgan fingerprint density at radius 1 is 1.31 bits per heavy atom. The van der Waals surface area contributed by atoms with Gasteiger partial charge in [0.05, 0.1) is 18.3 Å². The van der Waals surface area contributed by atoms with Gasteiger partial charge in [0.1, 0.15) is 9.88 Å². The number of carbonyl (C=O) groups is 2. The van der Waals surface area contributed by atoms with Gasteiger partial charge >= 0.3 is 0 Å². The molecule has 8 heteroatoms. The number of piperidine rings is 1. The van der Waals surface area contributed by atoms with Crippen LogP contribution in [0.15, 0.2) is 18.6 Å². The van der Waals surface area contributed by atoms with Crippen molar-refractivity contribution in [2.24, 2.45) is 18.9 Å². The second-order valence-corrected chi connectivity index (χ2v) is 8.24. The molecule has 3 heterocycles. The quantitative estimate of drug-likeness (QED) is 0.868. The lowest BCUT2D eigenvalue weighted by atomic mass is 9.97. The van der Waals surface area contributed by atoms with Crippen LogP contribution in [0.1, 0.15) is 35.4 Å². The first-order chi connectivity index (χ1) is 12.6. The summed E-state index contributed by atoms with van der Waals surface area (Å²) in [6.45, 7) is 1.98. The Bertz CT molecular complexity index is 810. The summed E-state index contributed by atoms with van der Waals surface area (Å²) in [4.78, 5) is 32.0. The van der Waals surface area contributed by atoms with Gasteiger partial charge in [-0.1, -0.05) is 0 Å². The Morgan fingerprint density at radius 2 is 2.15 bits per heavy atom. The summed E-state index contributed by atoms with van der Waals surface area (Å²) >= 11 is 1.38. The van der Waals surface area contributed by atoms with E-state index < -0.39 is 0 Å². The SMILES string of the molecule is Cn1cc(-c2ncc(C(=O)N3CCCC(C(=O)NCC4CC4)C3)s2)cn1. The van der Waals surface area contributed by atoms with E-state index in [1.54, 1.807) is 22.0 Å². The molecule has 1 unspecified atom stereocenters. The third-order valence-corrected chi connectivity index (χ3v) is 6.04. The Hall–Kier alpha value is -2.22. The normalized spacial score (nSPS) is 20.2. The molecule has 0 aromatic carbocycles. The first-order valence-electron chi connectivity index (χ1n) is 9.12. The molecule has 7 nitrogen and oxygen atoms in total. The lowest BCUT2D eigenvalue weighted by molar-refractivity contribution is -0.126. The minimum absolute atomic E-state index is 0.0302. The molecule has 2 aliphatic rings. The monoisotopic (exact) mass is 373 g/mol. The molecule has 26 heavy (non-hydrogen) atoms. The van der Waals surface area contributed by atoms with Crippen LogP contribution >= 0.6 is 11.3 Å². The van der Waals surface area contributed by atoms with E-state index >= 15 is 0 Å². The summed E-state index contributed by atoms with van der Waals surface area (Å²) in [5.74, 6) is 0.632. The molecule has 0 radical (unpaired) electrons. The highest BCUT2D eigenvalue weighted by molar-refractivity contribution is 7.16. The maximum Gasteiger partial charge on any atom is 0.265 e. The van der Waals surface area contributed by atoms with Crippen LogP contribution in [0.5, 0.6) is 0 Å². The van der Waals surface area contributed by atoms with Crippen molar-refractivity contribution in [2.75, 3.05) is 19.6 Å². The molecule has 4 rings (SSSR count). The maximum atomic E-state index is 12.8. The maximum absolute atomic E-state index is 12.8. The number of likely N-dealkylation sites (tertiary alicyclic amines) is 1. The Kier molecular flexibility index (Phi) is 4.76. The van der Waals surface area contributed by atoms with Crippen LogP contribution in [0.3, 0.4) is 0 Å². The van der Waals surface area contributed by atoms with Gasteiger partial charge in [-0.15, -0.1) is 11.3 Å². The predicted octanol–water partition coefficient (Wildman–Crippen LogP) is 1.92. The third kappa shape index (κ3) is 3.80. The Morgan fingerprint density at radius 3 is 2.88 bits per heavy atom. The Balaban J connectivity index is 1.39. The van der Waals surface area contributed by atoms with E-state index in [0.717, 1.165) is 30.0 Å². The molecule has 1 saturated carbocycles. The standard InChI is InChI=1S/C18H23N5O2S/c1-22-10-14(8-21-22)17-20-9-15(26-17)18(25)23-6-2-3-13(11-23)16(24)19-7-12-4-5-12/h8-10,12-13H,2-7,11H2,1H3,(H,19,24). The summed E-state index contributed by atoms with van der Waals surface area (Å²) in [5.41, 5.74) is 0.910. The number of aryl methyl sites for hydroxylation is 1. The summed E-state index contributed by atoms with van der Waals surface area (Å²) in [5, 5.41) is 7.98. The van der Waals surface area contributed by atoms with Gasteiger partial charge < -0.3 is 10.2 Å². The van der Waals surface area contributed by atoms with E-state index in [-0.39, 0.29) is 17.7 Å². The van der Waals surface area contributed by atoms with Crippen LogP contribution in [-0.4, -0.2) is 51.1 Å². The van der Waals surface area contributed by atoms with Gasteiger partial charge in [-0.25, -0.2) is 4.98 Å². The highest BCUT2D eigenvalue weighted by Crippen LogP contribution is 2.29. The van der Waals surface area contributed by atoms with Crippen molar-refractivity contribution < 1.29 is 9.59 Å². The molecule has 0 spiro atoms. The van der Waals surface area contributed by atoms with E-state index in [0.29, 0.717) is 23.9 Å². The predicted molar refractivity (Wildman–Crippen MR) is 98.7 cm³/mol. The van der Waals surface area contributed by atoms with Crippen molar-refractivity contribution >= 4 is 23.2 Å². The molecule has 1 aliphatic carbocycles. The first-order valence-corrected chi connectivity index (χ1v) is 9.93. The highest BCUT2D eigenvalue weighted by Gasteiger charge is 2.31. The lowest BCUT2D eigenvalue weighted by Crippen LogP contribution is -2.45. The molecular weight excluding hydrogens is 350 g/mol. The van der Waals surface area contributed by atoms with Crippen molar-refractivity contribution in [1.29, 1.82) is 0 Å². The van der Waals surface area contributed by atoms with Crippen LogP contribution in [-0.2, 0) is 11.8 Å². The van der Waals surface area contributed by atoms with Crippen LogP contribution in [0.25, 0.3) is 10.6 Å². The van der Waals surface area contributed by atoms with Crippen molar-refractivity contribution in [3.8, 4) is 10.6 Å². The number of nitrogens with zero attached hydrogens (tertiary/aromatic N) is 4. The Labute approximate surface area is 156 Å². The molecule has 1 atom stereocenters. The molecular formula is C18H23N5O2S. The fourth-order valence-corrected chi connectivity index (χ4v) is 4.14. The number of thiazole rings is 1. The largest absolute Gasteiger partial charge is 0.356 e. The molecule has 138 valence electrons. The molecule has 2 fully saturated rings. The van der Waals surface area contributed by atoms with E-state index in [4.69, 9.17) is 0 Å². The molecule has 2 amide bonds. The summed E-state index contributed by atoms with van der Waals surface area (Å²) < 4.78 is 1.72. The zero-order valence-electron chi connectivity index (χ0n) is 14.9. The van der Waals surface area contributed by atoms with Crippen LogP contribution in [0, 0.1) is 11.8 Å². The van der Waals surface area contributed by atoms with Gasteiger partial charge in [-0.05, 0) is 31.6 Å². The van der Waals surface area contributed by atoms with Crippen molar-refractivity contribution in [1.82, 2.24) is 25.0 Å². The minimum Gasteiger partial charge on any atom is -0.356 e. The fraction of sp³-hybridized carbons (Fsp3) is 0.556. The van der Waals surface area contributed by atoms with E-state index in [1.165, 1.54) is 24.2 Å². The summed E-state index contributed by atoms with van der Waals surface area (Å²) in [7, 11) is 1.85. The lowest BCUT2D eigenvalue weighted by Gasteiger charge is -2.31. The van der Waals surface area contributed by atoms with Gasteiger partial charge in [0.2, 0.25) is 5.91 Å². The van der Waals surface area contributed by atoms with E-state index in [9.17, 15) is 9.59 Å². The molecule has 0 bridgehead atoms. The fourth-order valence-electron chi connectivity index (χ4n) is 3.28. The topological polar surface area (TPSA) is 80.1 Å². The number of nitrogens with one attached hydrogen (secondary N) is 1. The molecule has 2 aromatic heterocycles. The third-order valence-electron chi connectivity index (χ3n) is 5.01. The summed E-state index contributed by atoms with van der Waals surface area (Å²) in [6, 6.07) is 0. The van der Waals surface area contributed by atoms with Gasteiger partial charge in [-0.3, -0.25) is 14.3 Å². The second-order valence-electron chi connectivity index (χ2n) is 7.21. The van der Waals surface area contributed by atoms with Crippen LogP contribution in [0.4, 0.5) is 0 Å². The number of hydrogen-bond donors (Lipinski definition) is 1. The molecule has 1 saturated heterocycles. The zero-order valence-corrected chi connectivity index (χ0v) is 15.7. The van der Waals surface area contributed by atoms with Gasteiger partial charge in [0.15, 0.2) is 0 Å².